The van der Waals surface area contributed by atoms with E-state index in [0.29, 0.717) is 6.54 Å². The Morgan fingerprint density at radius 1 is 1.11 bits per heavy atom. The Hall–Kier alpha value is -1.90. The monoisotopic (exact) mass is 407 g/mol. The maximum atomic E-state index is 12.6. The van der Waals surface area contributed by atoms with Crippen LogP contribution in [0.15, 0.2) is 46.0 Å². The van der Waals surface area contributed by atoms with Crippen LogP contribution in [0.25, 0.3) is 0 Å². The first-order valence-corrected chi connectivity index (χ1v) is 11.3. The lowest BCUT2D eigenvalue weighted by Gasteiger charge is -2.25. The van der Waals surface area contributed by atoms with Crippen molar-refractivity contribution in [3.8, 4) is 0 Å². The van der Waals surface area contributed by atoms with E-state index in [-0.39, 0.29) is 16.7 Å². The third-order valence-corrected chi connectivity index (χ3v) is 7.97. The average molecular weight is 408 g/mol. The minimum Gasteiger partial charge on any atom is -0.371 e. The molecule has 0 N–H and O–H groups in total. The Balaban J connectivity index is 1.66. The number of hydrogen-bond acceptors (Lipinski definition) is 5. The van der Waals surface area contributed by atoms with Crippen molar-refractivity contribution in [3.63, 3.8) is 0 Å². The molecule has 1 aromatic carbocycles. The molecule has 8 heteroatoms. The zero-order valence-electron chi connectivity index (χ0n) is 15.7. The summed E-state index contributed by atoms with van der Waals surface area (Å²) in [5, 5.41) is 1.71. The SMILES string of the molecule is CN(Cc1ccccc1N1CCCC1)C(=O)CN(C)S(=O)(=O)c1cccs1. The average Bonchev–Trinajstić information content (AvgIpc) is 3.36. The fraction of sp³-hybridized carbons (Fsp3) is 0.421. The van der Waals surface area contributed by atoms with Crippen LogP contribution in [0.5, 0.6) is 0 Å². The van der Waals surface area contributed by atoms with E-state index in [4.69, 9.17) is 0 Å². The Bertz CT molecular complexity index is 875. The molecule has 0 bridgehead atoms. The molecule has 1 saturated heterocycles. The molecule has 2 heterocycles. The lowest BCUT2D eigenvalue weighted by molar-refractivity contribution is -0.130. The zero-order chi connectivity index (χ0) is 19.4. The van der Waals surface area contributed by atoms with Gasteiger partial charge in [-0.1, -0.05) is 24.3 Å². The number of carbonyl (C=O) groups excluding carboxylic acids is 1. The number of sulfonamides is 1. The molecule has 146 valence electrons. The van der Waals surface area contributed by atoms with Crippen LogP contribution in [-0.2, 0) is 21.4 Å². The van der Waals surface area contributed by atoms with Gasteiger partial charge in [-0.25, -0.2) is 8.42 Å². The molecule has 0 spiro atoms. The molecular weight excluding hydrogens is 382 g/mol. The number of hydrogen-bond donors (Lipinski definition) is 0. The smallest absolute Gasteiger partial charge is 0.252 e. The lowest BCUT2D eigenvalue weighted by Crippen LogP contribution is -2.39. The van der Waals surface area contributed by atoms with E-state index in [9.17, 15) is 13.2 Å². The summed E-state index contributed by atoms with van der Waals surface area (Å²) in [6, 6.07) is 11.3. The Morgan fingerprint density at radius 2 is 1.81 bits per heavy atom. The van der Waals surface area contributed by atoms with E-state index in [1.165, 1.54) is 19.9 Å². The van der Waals surface area contributed by atoms with Gasteiger partial charge in [-0.05, 0) is 35.9 Å². The third kappa shape index (κ3) is 4.51. The van der Waals surface area contributed by atoms with E-state index < -0.39 is 10.0 Å². The van der Waals surface area contributed by atoms with Gasteiger partial charge in [0.1, 0.15) is 4.21 Å². The first-order chi connectivity index (χ1) is 12.9. The molecule has 27 heavy (non-hydrogen) atoms. The second-order valence-electron chi connectivity index (χ2n) is 6.77. The van der Waals surface area contributed by atoms with Crippen molar-refractivity contribution in [1.82, 2.24) is 9.21 Å². The zero-order valence-corrected chi connectivity index (χ0v) is 17.3. The highest BCUT2D eigenvalue weighted by Crippen LogP contribution is 2.25. The fourth-order valence-electron chi connectivity index (χ4n) is 3.21. The minimum atomic E-state index is -3.62. The van der Waals surface area contributed by atoms with E-state index >= 15 is 0 Å². The molecule has 0 aliphatic carbocycles. The van der Waals surface area contributed by atoms with Crippen LogP contribution >= 0.6 is 11.3 Å². The van der Waals surface area contributed by atoms with Crippen LogP contribution in [0.3, 0.4) is 0 Å². The van der Waals surface area contributed by atoms with Crippen molar-refractivity contribution >= 4 is 33.0 Å². The number of rotatable bonds is 7. The summed E-state index contributed by atoms with van der Waals surface area (Å²) in [7, 11) is -0.462. The van der Waals surface area contributed by atoms with Crippen molar-refractivity contribution in [2.24, 2.45) is 0 Å². The van der Waals surface area contributed by atoms with Crippen LogP contribution in [-0.4, -0.2) is 57.3 Å². The molecule has 0 radical (unpaired) electrons. The molecule has 1 fully saturated rings. The van der Waals surface area contributed by atoms with Crippen LogP contribution in [0.4, 0.5) is 5.69 Å². The summed E-state index contributed by atoms with van der Waals surface area (Å²) in [6.07, 6.45) is 2.38. The second kappa shape index (κ2) is 8.41. The number of carbonyl (C=O) groups is 1. The summed E-state index contributed by atoms with van der Waals surface area (Å²) in [5.41, 5.74) is 2.24. The predicted octanol–water partition coefficient (Wildman–Crippen LogP) is 2.63. The molecule has 6 nitrogen and oxygen atoms in total. The maximum Gasteiger partial charge on any atom is 0.252 e. The highest BCUT2D eigenvalue weighted by molar-refractivity contribution is 7.91. The van der Waals surface area contributed by atoms with Crippen molar-refractivity contribution in [3.05, 3.63) is 47.3 Å². The Morgan fingerprint density at radius 3 is 2.48 bits per heavy atom. The quantitative estimate of drug-likeness (QED) is 0.708. The molecule has 1 aromatic heterocycles. The van der Waals surface area contributed by atoms with Gasteiger partial charge in [-0.3, -0.25) is 4.79 Å². The number of thiophene rings is 1. The number of nitrogens with zero attached hydrogens (tertiary/aromatic N) is 3. The predicted molar refractivity (Wildman–Crippen MR) is 108 cm³/mol. The number of amides is 1. The molecule has 0 unspecified atom stereocenters. The topological polar surface area (TPSA) is 60.9 Å². The standard InChI is InChI=1S/C19H25N3O3S2/c1-20(14-16-8-3-4-9-17(16)22-11-5-6-12-22)18(23)15-21(2)27(24,25)19-10-7-13-26-19/h3-4,7-10,13H,5-6,11-12,14-15H2,1-2H3. The van der Waals surface area contributed by atoms with Crippen molar-refractivity contribution in [2.45, 2.75) is 23.6 Å². The first kappa shape index (κ1) is 19.9. The number of benzene rings is 1. The molecule has 0 atom stereocenters. The van der Waals surface area contributed by atoms with Gasteiger partial charge in [0, 0.05) is 39.4 Å². The number of para-hydroxylation sites is 1. The molecular formula is C19H25N3O3S2. The summed E-state index contributed by atoms with van der Waals surface area (Å²) >= 11 is 1.15. The molecule has 0 saturated carbocycles. The summed E-state index contributed by atoms with van der Waals surface area (Å²) < 4.78 is 26.4. The third-order valence-electron chi connectivity index (χ3n) is 4.79. The molecule has 1 amide bonds. The van der Waals surface area contributed by atoms with Crippen LogP contribution < -0.4 is 4.90 Å². The van der Waals surface area contributed by atoms with Gasteiger partial charge >= 0.3 is 0 Å². The summed E-state index contributed by atoms with van der Waals surface area (Å²) in [5.74, 6) is -0.228. The lowest BCUT2D eigenvalue weighted by atomic mass is 10.1. The number of anilines is 1. The van der Waals surface area contributed by atoms with E-state index in [1.54, 1.807) is 29.5 Å². The van der Waals surface area contributed by atoms with Crippen LogP contribution in [0.1, 0.15) is 18.4 Å². The van der Waals surface area contributed by atoms with E-state index in [1.807, 2.05) is 18.2 Å². The Kier molecular flexibility index (Phi) is 6.18. The van der Waals surface area contributed by atoms with Gasteiger partial charge in [0.2, 0.25) is 5.91 Å². The second-order valence-corrected chi connectivity index (χ2v) is 9.99. The van der Waals surface area contributed by atoms with Crippen molar-refractivity contribution < 1.29 is 13.2 Å². The molecule has 2 aromatic rings. The van der Waals surface area contributed by atoms with Gasteiger partial charge in [0.05, 0.1) is 6.54 Å². The fourth-order valence-corrected chi connectivity index (χ4v) is 5.54. The molecule has 3 rings (SSSR count). The normalized spacial score (nSPS) is 14.7. The van der Waals surface area contributed by atoms with Crippen LogP contribution in [0.2, 0.25) is 0 Å². The molecule has 1 aliphatic rings. The van der Waals surface area contributed by atoms with Gasteiger partial charge in [-0.2, -0.15) is 4.31 Å². The summed E-state index contributed by atoms with van der Waals surface area (Å²) in [6.45, 7) is 2.36. The van der Waals surface area contributed by atoms with Gasteiger partial charge in [0.25, 0.3) is 10.0 Å². The summed E-state index contributed by atoms with van der Waals surface area (Å²) in [4.78, 5) is 16.6. The van der Waals surface area contributed by atoms with Crippen molar-refractivity contribution in [2.75, 3.05) is 38.6 Å². The van der Waals surface area contributed by atoms with Crippen molar-refractivity contribution in [1.29, 1.82) is 0 Å². The van der Waals surface area contributed by atoms with E-state index in [0.717, 1.165) is 40.0 Å². The molecule has 1 aliphatic heterocycles. The minimum absolute atomic E-state index is 0.178. The highest BCUT2D eigenvalue weighted by Gasteiger charge is 2.25. The maximum absolute atomic E-state index is 12.6. The van der Waals surface area contributed by atoms with E-state index in [2.05, 4.69) is 11.0 Å². The first-order valence-electron chi connectivity index (χ1n) is 8.96. The number of likely N-dealkylation sites (N-methyl/N-ethyl adjacent to an activating group) is 2. The Labute approximate surface area is 165 Å². The van der Waals surface area contributed by atoms with Gasteiger partial charge < -0.3 is 9.80 Å². The van der Waals surface area contributed by atoms with Crippen LogP contribution in [0, 0.1) is 0 Å². The largest absolute Gasteiger partial charge is 0.371 e. The van der Waals surface area contributed by atoms with Gasteiger partial charge in [0.15, 0.2) is 0 Å². The van der Waals surface area contributed by atoms with Gasteiger partial charge in [-0.15, -0.1) is 11.3 Å². The highest BCUT2D eigenvalue weighted by atomic mass is 32.2.